The SMILES string of the molecule is CC1[C@@H](CO)CCC(CF)C[C@@H]1N. The summed E-state index contributed by atoms with van der Waals surface area (Å²) in [5.41, 5.74) is 5.93. The summed E-state index contributed by atoms with van der Waals surface area (Å²) in [7, 11) is 0. The van der Waals surface area contributed by atoms with Gasteiger partial charge in [-0.2, -0.15) is 0 Å². The van der Waals surface area contributed by atoms with Crippen molar-refractivity contribution in [3.8, 4) is 0 Å². The molecule has 4 atom stereocenters. The molecule has 0 aliphatic heterocycles. The molecule has 0 radical (unpaired) electrons. The molecule has 0 aromatic rings. The summed E-state index contributed by atoms with van der Waals surface area (Å²) in [6.07, 6.45) is 2.56. The van der Waals surface area contributed by atoms with Crippen molar-refractivity contribution in [2.24, 2.45) is 23.5 Å². The van der Waals surface area contributed by atoms with E-state index in [4.69, 9.17) is 10.8 Å². The normalized spacial score (nSPS) is 41.5. The van der Waals surface area contributed by atoms with Crippen molar-refractivity contribution in [3.63, 3.8) is 0 Å². The second kappa shape index (κ2) is 4.91. The molecule has 0 saturated heterocycles. The molecule has 13 heavy (non-hydrogen) atoms. The number of aliphatic hydroxyl groups excluding tert-OH is 1. The lowest BCUT2D eigenvalue weighted by atomic mass is 9.87. The van der Waals surface area contributed by atoms with Crippen molar-refractivity contribution in [3.05, 3.63) is 0 Å². The fourth-order valence-corrected chi connectivity index (χ4v) is 2.18. The van der Waals surface area contributed by atoms with Crippen molar-refractivity contribution in [2.75, 3.05) is 13.3 Å². The molecule has 1 aliphatic rings. The predicted octanol–water partition coefficient (Wildman–Crippen LogP) is 1.33. The fraction of sp³-hybridized carbons (Fsp3) is 1.00. The van der Waals surface area contributed by atoms with Gasteiger partial charge in [0.2, 0.25) is 0 Å². The van der Waals surface area contributed by atoms with Gasteiger partial charge < -0.3 is 10.8 Å². The van der Waals surface area contributed by atoms with Crippen molar-refractivity contribution < 1.29 is 9.50 Å². The number of hydrogen-bond donors (Lipinski definition) is 2. The minimum Gasteiger partial charge on any atom is -0.396 e. The molecule has 0 bridgehead atoms. The van der Waals surface area contributed by atoms with Gasteiger partial charge in [0, 0.05) is 12.6 Å². The summed E-state index contributed by atoms with van der Waals surface area (Å²) in [5.74, 6) is 0.710. The molecular weight excluding hydrogens is 169 g/mol. The zero-order valence-corrected chi connectivity index (χ0v) is 8.25. The molecule has 1 rings (SSSR count). The Bertz CT molecular complexity index is 154. The second-order valence-electron chi connectivity index (χ2n) is 4.30. The lowest BCUT2D eigenvalue weighted by Gasteiger charge is -2.24. The van der Waals surface area contributed by atoms with E-state index >= 15 is 0 Å². The molecule has 0 spiro atoms. The van der Waals surface area contributed by atoms with Gasteiger partial charge in [-0.15, -0.1) is 0 Å². The minimum absolute atomic E-state index is 0.0559. The van der Waals surface area contributed by atoms with Gasteiger partial charge in [-0.25, -0.2) is 0 Å². The van der Waals surface area contributed by atoms with Gasteiger partial charge in [0.25, 0.3) is 0 Å². The summed E-state index contributed by atoms with van der Waals surface area (Å²) in [4.78, 5) is 0. The van der Waals surface area contributed by atoms with Gasteiger partial charge in [0.15, 0.2) is 0 Å². The molecule has 0 aromatic carbocycles. The Morgan fingerprint density at radius 1 is 1.46 bits per heavy atom. The lowest BCUT2D eigenvalue weighted by molar-refractivity contribution is 0.166. The number of alkyl halides is 1. The Morgan fingerprint density at radius 2 is 2.15 bits per heavy atom. The number of halogens is 1. The molecule has 1 saturated carbocycles. The highest BCUT2D eigenvalue weighted by molar-refractivity contribution is 4.83. The van der Waals surface area contributed by atoms with Gasteiger partial charge in [-0.1, -0.05) is 6.92 Å². The molecule has 78 valence electrons. The zero-order chi connectivity index (χ0) is 9.84. The largest absolute Gasteiger partial charge is 0.396 e. The summed E-state index contributed by atoms with van der Waals surface area (Å²) in [6, 6.07) is 0.0559. The first-order valence-electron chi connectivity index (χ1n) is 5.11. The van der Waals surface area contributed by atoms with Crippen LogP contribution in [0.2, 0.25) is 0 Å². The Kier molecular flexibility index (Phi) is 4.13. The maximum atomic E-state index is 12.5. The third-order valence-corrected chi connectivity index (χ3v) is 3.42. The van der Waals surface area contributed by atoms with E-state index in [2.05, 4.69) is 6.92 Å². The second-order valence-corrected chi connectivity index (χ2v) is 4.30. The Balaban J connectivity index is 2.56. The molecular formula is C10H20FNO. The average molecular weight is 189 g/mol. The zero-order valence-electron chi connectivity index (χ0n) is 8.25. The summed E-state index contributed by atoms with van der Waals surface area (Å²) < 4.78 is 12.5. The van der Waals surface area contributed by atoms with Gasteiger partial charge in [0.1, 0.15) is 0 Å². The van der Waals surface area contributed by atoms with Crippen LogP contribution in [0.4, 0.5) is 4.39 Å². The molecule has 2 nitrogen and oxygen atoms in total. The summed E-state index contributed by atoms with van der Waals surface area (Å²) in [5, 5.41) is 9.11. The number of nitrogens with two attached hydrogens (primary N) is 1. The third kappa shape index (κ3) is 2.64. The van der Waals surface area contributed by atoms with Crippen molar-refractivity contribution in [1.29, 1.82) is 0 Å². The van der Waals surface area contributed by atoms with E-state index in [1.807, 2.05) is 0 Å². The summed E-state index contributed by atoms with van der Waals surface area (Å²) >= 11 is 0. The molecule has 0 aromatic heterocycles. The molecule has 1 fully saturated rings. The van der Waals surface area contributed by atoms with E-state index in [-0.39, 0.29) is 31.2 Å². The molecule has 2 unspecified atom stereocenters. The Hall–Kier alpha value is -0.150. The topological polar surface area (TPSA) is 46.2 Å². The molecule has 0 amide bonds. The van der Waals surface area contributed by atoms with E-state index < -0.39 is 0 Å². The molecule has 1 aliphatic carbocycles. The van der Waals surface area contributed by atoms with Crippen LogP contribution >= 0.6 is 0 Å². The number of hydrogen-bond acceptors (Lipinski definition) is 2. The average Bonchev–Trinajstić information content (AvgIpc) is 2.28. The lowest BCUT2D eigenvalue weighted by Crippen LogP contribution is -2.34. The van der Waals surface area contributed by atoms with Crippen LogP contribution in [0.5, 0.6) is 0 Å². The van der Waals surface area contributed by atoms with Crippen LogP contribution < -0.4 is 5.73 Å². The van der Waals surface area contributed by atoms with E-state index in [0.29, 0.717) is 5.92 Å². The molecule has 3 heteroatoms. The van der Waals surface area contributed by atoms with Gasteiger partial charge in [0.05, 0.1) is 6.67 Å². The van der Waals surface area contributed by atoms with Crippen molar-refractivity contribution >= 4 is 0 Å². The van der Waals surface area contributed by atoms with Crippen molar-refractivity contribution in [2.45, 2.75) is 32.2 Å². The summed E-state index contributed by atoms with van der Waals surface area (Å²) in [6.45, 7) is 1.98. The maximum absolute atomic E-state index is 12.5. The highest BCUT2D eigenvalue weighted by Crippen LogP contribution is 2.30. The van der Waals surface area contributed by atoms with E-state index in [1.54, 1.807) is 0 Å². The van der Waals surface area contributed by atoms with E-state index in [0.717, 1.165) is 19.3 Å². The first kappa shape index (κ1) is 10.9. The van der Waals surface area contributed by atoms with Crippen LogP contribution in [0.3, 0.4) is 0 Å². The smallest absolute Gasteiger partial charge is 0.0923 e. The van der Waals surface area contributed by atoms with Gasteiger partial charge >= 0.3 is 0 Å². The number of rotatable bonds is 2. The van der Waals surface area contributed by atoms with Crippen molar-refractivity contribution in [1.82, 2.24) is 0 Å². The van der Waals surface area contributed by atoms with Crippen LogP contribution in [-0.4, -0.2) is 24.4 Å². The first-order valence-corrected chi connectivity index (χ1v) is 5.11. The maximum Gasteiger partial charge on any atom is 0.0923 e. The van der Waals surface area contributed by atoms with Crippen LogP contribution in [-0.2, 0) is 0 Å². The van der Waals surface area contributed by atoms with Crippen LogP contribution in [0.1, 0.15) is 26.2 Å². The predicted molar refractivity (Wildman–Crippen MR) is 51.0 cm³/mol. The van der Waals surface area contributed by atoms with Crippen LogP contribution in [0, 0.1) is 17.8 Å². The van der Waals surface area contributed by atoms with E-state index in [9.17, 15) is 4.39 Å². The first-order chi connectivity index (χ1) is 6.19. The van der Waals surface area contributed by atoms with Gasteiger partial charge in [-0.3, -0.25) is 4.39 Å². The highest BCUT2D eigenvalue weighted by atomic mass is 19.1. The van der Waals surface area contributed by atoms with Gasteiger partial charge in [-0.05, 0) is 37.0 Å². The van der Waals surface area contributed by atoms with Crippen LogP contribution in [0.15, 0.2) is 0 Å². The highest BCUT2D eigenvalue weighted by Gasteiger charge is 2.29. The Morgan fingerprint density at radius 3 is 2.69 bits per heavy atom. The molecule has 3 N–H and O–H groups in total. The number of aliphatic hydroxyl groups is 1. The third-order valence-electron chi connectivity index (χ3n) is 3.42. The fourth-order valence-electron chi connectivity index (χ4n) is 2.18. The molecule has 0 heterocycles. The van der Waals surface area contributed by atoms with E-state index in [1.165, 1.54) is 0 Å². The Labute approximate surface area is 79.3 Å². The minimum atomic E-state index is -0.265. The standard InChI is InChI=1S/C10H20FNO/c1-7-9(6-13)3-2-8(5-11)4-10(7)12/h7-10,13H,2-6,12H2,1H3/t7?,8?,9-,10+/m1/s1. The van der Waals surface area contributed by atoms with Crippen LogP contribution in [0.25, 0.3) is 0 Å². The quantitative estimate of drug-likeness (QED) is 0.644. The monoisotopic (exact) mass is 189 g/mol.